The van der Waals surface area contributed by atoms with Crippen LogP contribution in [0.5, 0.6) is 0 Å². The number of hydrogen-bond acceptors (Lipinski definition) is 1. The minimum absolute atomic E-state index is 0.0995. The van der Waals surface area contributed by atoms with Crippen molar-refractivity contribution < 1.29 is 0 Å². The van der Waals surface area contributed by atoms with Crippen molar-refractivity contribution >= 4 is 23.7 Å². The van der Waals surface area contributed by atoms with Crippen molar-refractivity contribution in [2.75, 3.05) is 4.67 Å². The summed E-state index contributed by atoms with van der Waals surface area (Å²) in [5.74, 6) is 0. The van der Waals surface area contributed by atoms with Crippen molar-refractivity contribution in [2.24, 2.45) is 0 Å². The Balaban J connectivity index is 2.78. The van der Waals surface area contributed by atoms with Gasteiger partial charge in [0.1, 0.15) is 0 Å². The maximum absolute atomic E-state index is 6.56. The summed E-state index contributed by atoms with van der Waals surface area (Å²) >= 11 is 6.56. The van der Waals surface area contributed by atoms with Crippen LogP contribution in [0.3, 0.4) is 0 Å². The Kier molecular flexibility index (Phi) is 4.38. The van der Waals surface area contributed by atoms with Crippen molar-refractivity contribution in [3.05, 3.63) is 29.8 Å². The number of aryl methyl sites for hydroxylation is 1. The Morgan fingerprint density at radius 2 is 1.50 bits per heavy atom. The number of rotatable bonds is 1. The molecule has 1 nitrogen and oxygen atoms in total. The molecule has 2 rings (SSSR count). The predicted octanol–water partition coefficient (Wildman–Crippen LogP) is 6.21. The van der Waals surface area contributed by atoms with Crippen LogP contribution in [-0.2, 0) is 18.2 Å². The fraction of sp³-hybridized carbons (Fsp3) is 0.684. The molecule has 0 unspecified atom stereocenters. The van der Waals surface area contributed by atoms with Gasteiger partial charge in [-0.1, -0.05) is 71.5 Å². The van der Waals surface area contributed by atoms with Crippen LogP contribution in [-0.4, -0.2) is 15.9 Å². The molecule has 0 amide bonds. The molecule has 1 aliphatic heterocycles. The van der Waals surface area contributed by atoms with Gasteiger partial charge in [-0.3, -0.25) is 0 Å². The second-order valence-corrected chi connectivity index (χ2v) is 15.0. The minimum Gasteiger partial charge on any atom is -0.337 e. The molecule has 1 aromatic rings. The Labute approximate surface area is 142 Å². The summed E-state index contributed by atoms with van der Waals surface area (Å²) < 4.78 is 2.67. The van der Waals surface area contributed by atoms with Gasteiger partial charge < -0.3 is 4.67 Å². The molecule has 1 heterocycles. The Bertz CT molecular complexity index is 587. The number of nitrogens with zero attached hydrogens (tertiary/aromatic N) is 1. The third-order valence-corrected chi connectivity index (χ3v) is 13.6. The predicted molar refractivity (Wildman–Crippen MR) is 105 cm³/mol. The zero-order chi connectivity index (χ0) is 17.0. The molecule has 0 aliphatic carbocycles. The summed E-state index contributed by atoms with van der Waals surface area (Å²) in [6.07, 6.45) is 0.482. The molecule has 1 aliphatic rings. The highest BCUT2D eigenvalue weighted by Gasteiger charge is 2.51. The molecule has 1 aromatic carbocycles. The topological polar surface area (TPSA) is 3.24 Å². The third-order valence-electron chi connectivity index (χ3n) is 4.90. The highest BCUT2D eigenvalue weighted by molar-refractivity contribution is 8.16. The highest BCUT2D eigenvalue weighted by Crippen LogP contribution is 2.73. The monoisotopic (exact) mass is 337 g/mol. The van der Waals surface area contributed by atoms with E-state index in [4.69, 9.17) is 11.8 Å². The second kappa shape index (κ2) is 5.35. The van der Waals surface area contributed by atoms with Gasteiger partial charge in [0.2, 0.25) is 0 Å². The molecular weight excluding hydrogens is 305 g/mol. The van der Waals surface area contributed by atoms with E-state index in [1.54, 1.807) is 0 Å². The fourth-order valence-corrected chi connectivity index (χ4v) is 9.44. The molecule has 0 bridgehead atoms. The molecule has 22 heavy (non-hydrogen) atoms. The maximum Gasteiger partial charge on any atom is 0.0473 e. The first-order chi connectivity index (χ1) is 9.82. The van der Waals surface area contributed by atoms with Gasteiger partial charge in [0.15, 0.2) is 0 Å². The molecule has 3 heteroatoms. The molecule has 0 fully saturated rings. The molecule has 0 saturated carbocycles. The zero-order valence-electron chi connectivity index (χ0n) is 15.5. The van der Waals surface area contributed by atoms with Crippen LogP contribution in [0.2, 0.25) is 0 Å². The van der Waals surface area contributed by atoms with E-state index in [1.807, 2.05) is 0 Å². The van der Waals surface area contributed by atoms with Crippen LogP contribution in [0.4, 0.5) is 5.69 Å². The molecular formula is C19H32NPS. The molecule has 124 valence electrons. The Hall–Kier alpha value is -0.330. The number of benzene rings is 1. The average molecular weight is 338 g/mol. The summed E-state index contributed by atoms with van der Waals surface area (Å²) in [6, 6.07) is 8.89. The lowest BCUT2D eigenvalue weighted by Crippen LogP contribution is -2.52. The van der Waals surface area contributed by atoms with Crippen LogP contribution in [0, 0.1) is 0 Å². The summed E-state index contributed by atoms with van der Waals surface area (Å²) in [5.41, 5.74) is 2.96. The van der Waals surface area contributed by atoms with Gasteiger partial charge in [-0.25, -0.2) is 0 Å². The van der Waals surface area contributed by atoms with Gasteiger partial charge in [0.25, 0.3) is 0 Å². The lowest BCUT2D eigenvalue weighted by Gasteiger charge is -2.59. The lowest BCUT2D eigenvalue weighted by molar-refractivity contribution is 0.456. The van der Waals surface area contributed by atoms with E-state index in [-0.39, 0.29) is 15.9 Å². The molecule has 0 atom stereocenters. The summed E-state index contributed by atoms with van der Waals surface area (Å²) in [6.45, 7) is 18.8. The Morgan fingerprint density at radius 1 is 1.00 bits per heavy atom. The third kappa shape index (κ3) is 2.67. The fourth-order valence-electron chi connectivity index (χ4n) is 3.94. The van der Waals surface area contributed by atoms with Crippen LogP contribution >= 0.6 is 6.19 Å². The molecule has 0 aromatic heterocycles. The molecule has 0 N–H and O–H groups in total. The van der Waals surface area contributed by atoms with Gasteiger partial charge in [0, 0.05) is 27.7 Å². The smallest absolute Gasteiger partial charge is 0.0473 e. The summed E-state index contributed by atoms with van der Waals surface area (Å²) in [7, 11) is 0. The first-order valence-corrected chi connectivity index (χ1v) is 11.1. The van der Waals surface area contributed by atoms with Crippen LogP contribution in [0.1, 0.15) is 67.4 Å². The summed E-state index contributed by atoms with van der Waals surface area (Å²) in [5, 5.41) is 0.199. The van der Waals surface area contributed by atoms with Crippen molar-refractivity contribution in [3.8, 4) is 0 Å². The maximum atomic E-state index is 6.56. The number of hydrogen-bond donors (Lipinski definition) is 0. The van der Waals surface area contributed by atoms with E-state index in [2.05, 4.69) is 84.3 Å². The van der Waals surface area contributed by atoms with Gasteiger partial charge in [-0.2, -0.15) is 0 Å². The van der Waals surface area contributed by atoms with Crippen LogP contribution in [0.15, 0.2) is 24.3 Å². The van der Waals surface area contributed by atoms with Gasteiger partial charge in [-0.05, 0) is 38.3 Å². The minimum atomic E-state index is -1.85. The number of fused-ring (bicyclic) bond motifs is 1. The van der Waals surface area contributed by atoms with Crippen LogP contribution < -0.4 is 4.67 Å². The van der Waals surface area contributed by atoms with Crippen molar-refractivity contribution in [1.82, 2.24) is 0 Å². The molecule has 0 saturated heterocycles. The van der Waals surface area contributed by atoms with Gasteiger partial charge in [-0.15, -0.1) is 0 Å². The Morgan fingerprint density at radius 3 is 2.00 bits per heavy atom. The summed E-state index contributed by atoms with van der Waals surface area (Å²) in [4.78, 5) is 0. The molecule has 0 radical (unpaired) electrons. The van der Waals surface area contributed by atoms with E-state index in [9.17, 15) is 0 Å². The quantitative estimate of drug-likeness (QED) is 0.560. The normalized spacial score (nSPS) is 19.0. The van der Waals surface area contributed by atoms with E-state index in [0.717, 1.165) is 6.42 Å². The van der Waals surface area contributed by atoms with Crippen molar-refractivity contribution in [2.45, 2.75) is 84.1 Å². The van der Waals surface area contributed by atoms with Crippen molar-refractivity contribution in [1.29, 1.82) is 0 Å². The highest BCUT2D eigenvalue weighted by atomic mass is 32.4. The second-order valence-electron chi connectivity index (χ2n) is 9.17. The first-order valence-electron chi connectivity index (χ1n) is 8.31. The van der Waals surface area contributed by atoms with Gasteiger partial charge >= 0.3 is 0 Å². The van der Waals surface area contributed by atoms with Gasteiger partial charge in [0.05, 0.1) is 0 Å². The molecule has 0 spiro atoms. The van der Waals surface area contributed by atoms with E-state index < -0.39 is 6.19 Å². The standard InChI is InChI=1S/C19H32NPS/c1-17(2,3)21(22,18(4,5)6)20-16-12-10-9-11-15(16)13-14-19(20,7)8/h9-12H,13-14H2,1-8H3. The zero-order valence-corrected chi connectivity index (χ0v) is 17.2. The number of para-hydroxylation sites is 1. The average Bonchev–Trinajstić information content (AvgIpc) is 2.34. The largest absolute Gasteiger partial charge is 0.337 e. The number of anilines is 1. The van der Waals surface area contributed by atoms with Crippen LogP contribution in [0.25, 0.3) is 0 Å². The lowest BCUT2D eigenvalue weighted by atomic mass is 9.89. The SMILES string of the molecule is CC1(C)CCc2ccccc2N1P(=S)(C(C)(C)C)C(C)(C)C. The van der Waals surface area contributed by atoms with E-state index in [1.165, 1.54) is 17.7 Å². The van der Waals surface area contributed by atoms with E-state index >= 15 is 0 Å². The van der Waals surface area contributed by atoms with Crippen molar-refractivity contribution in [3.63, 3.8) is 0 Å². The van der Waals surface area contributed by atoms with E-state index in [0.29, 0.717) is 0 Å². The first kappa shape index (κ1) is 18.0.